The topological polar surface area (TPSA) is 134 Å². The molecule has 40 heavy (non-hydrogen) atoms. The zero-order chi connectivity index (χ0) is 28.6. The van der Waals surface area contributed by atoms with Crippen LogP contribution in [0.25, 0.3) is 22.6 Å². The summed E-state index contributed by atoms with van der Waals surface area (Å²) < 4.78 is 8.82. The second kappa shape index (κ2) is 12.9. The normalized spacial score (nSPS) is 11.8. The van der Waals surface area contributed by atoms with Gasteiger partial charge in [-0.1, -0.05) is 32.0 Å². The van der Waals surface area contributed by atoms with Crippen LogP contribution < -0.4 is 15.6 Å². The van der Waals surface area contributed by atoms with E-state index in [0.717, 1.165) is 16.7 Å². The van der Waals surface area contributed by atoms with Crippen molar-refractivity contribution >= 4 is 11.7 Å². The highest BCUT2D eigenvalue weighted by Gasteiger charge is 2.22. The molecule has 0 fully saturated rings. The van der Waals surface area contributed by atoms with E-state index < -0.39 is 6.04 Å². The number of carbonyl (C=O) groups excluding carboxylic acids is 2. The van der Waals surface area contributed by atoms with E-state index in [1.165, 1.54) is 17.7 Å². The Bertz CT molecular complexity index is 1530. The van der Waals surface area contributed by atoms with Crippen molar-refractivity contribution in [2.45, 2.75) is 46.2 Å². The van der Waals surface area contributed by atoms with Crippen molar-refractivity contribution in [1.82, 2.24) is 34.8 Å². The summed E-state index contributed by atoms with van der Waals surface area (Å²) in [5.41, 5.74) is 2.97. The van der Waals surface area contributed by atoms with Gasteiger partial charge < -0.3 is 10.1 Å². The van der Waals surface area contributed by atoms with Crippen LogP contribution in [0.1, 0.15) is 39.2 Å². The molecule has 11 nitrogen and oxygen atoms in total. The molecule has 4 rings (SSSR count). The molecule has 0 aliphatic rings. The Morgan fingerprint density at radius 1 is 1.05 bits per heavy atom. The van der Waals surface area contributed by atoms with Gasteiger partial charge in [0.2, 0.25) is 5.91 Å². The number of benzene rings is 1. The zero-order valence-electron chi connectivity index (χ0n) is 23.1. The second-order valence-corrected chi connectivity index (χ2v) is 9.90. The highest BCUT2D eigenvalue weighted by atomic mass is 16.5. The summed E-state index contributed by atoms with van der Waals surface area (Å²) in [6.45, 7) is 5.84. The average Bonchev–Trinajstić information content (AvgIpc) is 3.37. The third-order valence-electron chi connectivity index (χ3n) is 6.22. The standard InChI is InChI=1S/C29H33N7O4/c1-19(2)28(33-20(3)37)26(38)9-6-12-40-24-15-30-29(31-16-24)22-8-5-7-21(13-22)17-36-27(39)11-10-25(34-36)23-14-32-35(4)18-23/h5,7-8,10-11,13-16,18-19,28H,6,9,12,17H2,1-4H3,(H,33,37)/t28-/m0/s1. The molecule has 4 aromatic rings. The number of ketones is 1. The van der Waals surface area contributed by atoms with Crippen molar-refractivity contribution in [1.29, 1.82) is 0 Å². The fourth-order valence-electron chi connectivity index (χ4n) is 4.22. The number of rotatable bonds is 12. The first-order valence-electron chi connectivity index (χ1n) is 13.1. The van der Waals surface area contributed by atoms with Crippen LogP contribution in [0.5, 0.6) is 5.75 Å². The maximum absolute atomic E-state index is 12.5. The predicted octanol–water partition coefficient (Wildman–Crippen LogP) is 3.04. The van der Waals surface area contributed by atoms with Crippen molar-refractivity contribution in [3.63, 3.8) is 0 Å². The molecule has 0 radical (unpaired) electrons. The lowest BCUT2D eigenvalue weighted by atomic mass is 9.97. The Morgan fingerprint density at radius 3 is 2.50 bits per heavy atom. The third-order valence-corrected chi connectivity index (χ3v) is 6.22. The quantitative estimate of drug-likeness (QED) is 0.270. The molecule has 0 aliphatic heterocycles. The molecule has 0 bridgehead atoms. The van der Waals surface area contributed by atoms with Gasteiger partial charge in [0.15, 0.2) is 17.4 Å². The largest absolute Gasteiger partial charge is 0.490 e. The summed E-state index contributed by atoms with van der Waals surface area (Å²) in [6, 6.07) is 10.3. The number of ether oxygens (including phenoxy) is 1. The molecule has 0 saturated heterocycles. The van der Waals surface area contributed by atoms with E-state index in [1.54, 1.807) is 29.3 Å². The van der Waals surface area contributed by atoms with E-state index in [2.05, 4.69) is 25.5 Å². The lowest BCUT2D eigenvalue weighted by molar-refractivity contribution is -0.127. The number of nitrogens with one attached hydrogen (secondary N) is 1. The first-order valence-corrected chi connectivity index (χ1v) is 13.1. The maximum Gasteiger partial charge on any atom is 0.267 e. The number of aryl methyl sites for hydroxylation is 1. The molecule has 0 spiro atoms. The molecule has 1 amide bonds. The fraction of sp³-hybridized carbons (Fsp3) is 0.345. The molecule has 3 aromatic heterocycles. The number of aromatic nitrogens is 6. The van der Waals surface area contributed by atoms with Gasteiger partial charge in [-0.2, -0.15) is 10.2 Å². The molecular weight excluding hydrogens is 510 g/mol. The molecule has 0 aliphatic carbocycles. The maximum atomic E-state index is 12.5. The van der Waals surface area contributed by atoms with Gasteiger partial charge in [0.1, 0.15) is 0 Å². The van der Waals surface area contributed by atoms with E-state index in [0.29, 0.717) is 43.3 Å². The SMILES string of the molecule is CC(=O)N[C@H](C(=O)CCCOc1cnc(-c2cccc(Cn3nc(-c4cnn(C)c4)ccc3=O)c2)nc1)C(C)C. The van der Waals surface area contributed by atoms with E-state index in [-0.39, 0.29) is 23.2 Å². The summed E-state index contributed by atoms with van der Waals surface area (Å²) in [5.74, 6) is 0.806. The van der Waals surface area contributed by atoms with Gasteiger partial charge in [-0.25, -0.2) is 14.6 Å². The Balaban J connectivity index is 1.35. The molecule has 3 heterocycles. The van der Waals surface area contributed by atoms with Gasteiger partial charge in [0, 0.05) is 43.8 Å². The number of Topliss-reactive ketones (excluding diaryl/α,β-unsaturated/α-hetero) is 1. The summed E-state index contributed by atoms with van der Waals surface area (Å²) in [7, 11) is 1.83. The van der Waals surface area contributed by atoms with Gasteiger partial charge in [-0.3, -0.25) is 19.1 Å². The number of nitrogens with zero attached hydrogens (tertiary/aromatic N) is 6. The average molecular weight is 544 g/mol. The smallest absolute Gasteiger partial charge is 0.267 e. The highest BCUT2D eigenvalue weighted by Crippen LogP contribution is 2.19. The van der Waals surface area contributed by atoms with Gasteiger partial charge in [-0.15, -0.1) is 0 Å². The fourth-order valence-corrected chi connectivity index (χ4v) is 4.22. The minimum Gasteiger partial charge on any atom is -0.490 e. The molecule has 0 saturated carbocycles. The van der Waals surface area contributed by atoms with Crippen LogP contribution in [0.2, 0.25) is 0 Å². The summed E-state index contributed by atoms with van der Waals surface area (Å²) in [6.07, 6.45) is 7.55. The van der Waals surface area contributed by atoms with Crippen molar-refractivity contribution in [3.8, 4) is 28.4 Å². The summed E-state index contributed by atoms with van der Waals surface area (Å²) >= 11 is 0. The van der Waals surface area contributed by atoms with Crippen molar-refractivity contribution in [2.24, 2.45) is 13.0 Å². The van der Waals surface area contributed by atoms with Crippen LogP contribution >= 0.6 is 0 Å². The minimum atomic E-state index is -0.490. The summed E-state index contributed by atoms with van der Waals surface area (Å²) in [5, 5.41) is 11.4. The van der Waals surface area contributed by atoms with E-state index >= 15 is 0 Å². The minimum absolute atomic E-state index is 0.0125. The van der Waals surface area contributed by atoms with Crippen LogP contribution in [0, 0.1) is 5.92 Å². The van der Waals surface area contributed by atoms with Gasteiger partial charge in [0.05, 0.1) is 43.5 Å². The van der Waals surface area contributed by atoms with E-state index in [1.807, 2.05) is 51.4 Å². The molecule has 11 heteroatoms. The predicted molar refractivity (Wildman–Crippen MR) is 149 cm³/mol. The third kappa shape index (κ3) is 7.46. The lowest BCUT2D eigenvalue weighted by Gasteiger charge is -2.20. The Hall–Kier alpha value is -4.67. The second-order valence-electron chi connectivity index (χ2n) is 9.90. The molecule has 0 unspecified atom stereocenters. The van der Waals surface area contributed by atoms with Gasteiger partial charge >= 0.3 is 0 Å². The number of hydrogen-bond acceptors (Lipinski definition) is 8. The highest BCUT2D eigenvalue weighted by molar-refractivity contribution is 5.88. The van der Waals surface area contributed by atoms with Crippen LogP contribution in [0.3, 0.4) is 0 Å². The van der Waals surface area contributed by atoms with Crippen molar-refractivity contribution < 1.29 is 14.3 Å². The van der Waals surface area contributed by atoms with E-state index in [9.17, 15) is 14.4 Å². The van der Waals surface area contributed by atoms with Crippen LogP contribution in [0.4, 0.5) is 0 Å². The van der Waals surface area contributed by atoms with Gasteiger partial charge in [0.25, 0.3) is 5.56 Å². The Labute approximate surface area is 232 Å². The van der Waals surface area contributed by atoms with Crippen LogP contribution in [0.15, 0.2) is 66.0 Å². The lowest BCUT2D eigenvalue weighted by Crippen LogP contribution is -2.43. The Kier molecular flexibility index (Phi) is 9.15. The molecule has 208 valence electrons. The van der Waals surface area contributed by atoms with E-state index in [4.69, 9.17) is 4.74 Å². The molecular formula is C29H33N7O4. The van der Waals surface area contributed by atoms with Crippen molar-refractivity contribution in [2.75, 3.05) is 6.61 Å². The number of amides is 1. The van der Waals surface area contributed by atoms with Gasteiger partial charge in [-0.05, 0) is 30.0 Å². The summed E-state index contributed by atoms with van der Waals surface area (Å²) in [4.78, 5) is 45.1. The zero-order valence-corrected chi connectivity index (χ0v) is 23.1. The molecule has 1 N–H and O–H groups in total. The van der Waals surface area contributed by atoms with Crippen LogP contribution in [-0.2, 0) is 23.2 Å². The van der Waals surface area contributed by atoms with Crippen molar-refractivity contribution in [3.05, 3.63) is 77.1 Å². The first-order chi connectivity index (χ1) is 19.2. The van der Waals surface area contributed by atoms with Crippen LogP contribution in [-0.4, -0.2) is 53.9 Å². The first kappa shape index (κ1) is 28.3. The number of hydrogen-bond donors (Lipinski definition) is 1. The monoisotopic (exact) mass is 543 g/mol. The molecule has 1 aromatic carbocycles. The Morgan fingerprint density at radius 2 is 1.82 bits per heavy atom. The molecule has 1 atom stereocenters. The number of carbonyl (C=O) groups is 2.